The lowest BCUT2D eigenvalue weighted by molar-refractivity contribution is 0.146. The number of nitrogens with zero attached hydrogens (tertiary/aromatic N) is 2. The largest absolute Gasteiger partial charge is 0.503 e. The zero-order valence-corrected chi connectivity index (χ0v) is 11.6. The van der Waals surface area contributed by atoms with Crippen LogP contribution in [-0.2, 0) is 7.05 Å². The van der Waals surface area contributed by atoms with E-state index in [0.717, 1.165) is 22.9 Å². The van der Waals surface area contributed by atoms with Crippen LogP contribution >= 0.6 is 0 Å². The van der Waals surface area contributed by atoms with Gasteiger partial charge in [-0.25, -0.2) is 17.6 Å². The van der Waals surface area contributed by atoms with Gasteiger partial charge in [-0.05, 0) is 12.1 Å². The highest BCUT2D eigenvalue weighted by atomic mass is 19.3. The number of hydrogen-bond acceptors (Lipinski definition) is 3. The van der Waals surface area contributed by atoms with Crippen molar-refractivity contribution in [2.45, 2.75) is 6.43 Å². The summed E-state index contributed by atoms with van der Waals surface area (Å²) in [6, 6.07) is 2.99. The average Bonchev–Trinajstić information content (AvgIpc) is 2.81. The summed E-state index contributed by atoms with van der Waals surface area (Å²) >= 11 is 0. The molecule has 0 aliphatic heterocycles. The van der Waals surface area contributed by atoms with E-state index in [2.05, 4.69) is 10.1 Å². The third-order valence-electron chi connectivity index (χ3n) is 3.42. The topological polar surface area (TPSA) is 70.9 Å². The molecule has 9 heteroatoms. The fourth-order valence-electron chi connectivity index (χ4n) is 2.39. The van der Waals surface area contributed by atoms with Crippen LogP contribution in [0.2, 0.25) is 0 Å². The van der Waals surface area contributed by atoms with E-state index < -0.39 is 51.6 Å². The van der Waals surface area contributed by atoms with Crippen LogP contribution in [0.3, 0.4) is 0 Å². The van der Waals surface area contributed by atoms with Crippen molar-refractivity contribution >= 4 is 11.0 Å². The summed E-state index contributed by atoms with van der Waals surface area (Å²) in [5.41, 5.74) is -3.38. The summed E-state index contributed by atoms with van der Waals surface area (Å²) in [5, 5.41) is 12.9. The lowest BCUT2D eigenvalue weighted by Gasteiger charge is -2.08. The molecule has 0 atom stereocenters. The summed E-state index contributed by atoms with van der Waals surface area (Å²) in [6.07, 6.45) is -3.05. The van der Waals surface area contributed by atoms with Gasteiger partial charge in [0, 0.05) is 7.05 Å². The van der Waals surface area contributed by atoms with Crippen molar-refractivity contribution in [1.29, 1.82) is 0 Å². The van der Waals surface area contributed by atoms with Gasteiger partial charge in [0.1, 0.15) is 23.0 Å². The number of fused-ring (bicyclic) bond motifs is 1. The SMILES string of the molecule is Cn1nc(C(F)F)c2c(=O)c(O)c(-c3c(F)cccc3F)[nH]c21. The van der Waals surface area contributed by atoms with Gasteiger partial charge < -0.3 is 10.1 Å². The number of pyridine rings is 1. The first kappa shape index (κ1) is 15.1. The van der Waals surface area contributed by atoms with Crippen LogP contribution < -0.4 is 5.43 Å². The molecule has 0 radical (unpaired) electrons. The minimum Gasteiger partial charge on any atom is -0.503 e. The molecule has 0 saturated carbocycles. The van der Waals surface area contributed by atoms with E-state index in [1.165, 1.54) is 7.05 Å². The zero-order chi connectivity index (χ0) is 16.9. The normalized spacial score (nSPS) is 11.6. The Hall–Kier alpha value is -2.84. The van der Waals surface area contributed by atoms with Crippen molar-refractivity contribution in [3.05, 3.63) is 45.8 Å². The highest BCUT2D eigenvalue weighted by molar-refractivity contribution is 5.84. The summed E-state index contributed by atoms with van der Waals surface area (Å²) in [7, 11) is 1.28. The van der Waals surface area contributed by atoms with Gasteiger partial charge in [0.2, 0.25) is 5.43 Å². The van der Waals surface area contributed by atoms with E-state index in [9.17, 15) is 27.5 Å². The predicted molar refractivity (Wildman–Crippen MR) is 73.3 cm³/mol. The van der Waals surface area contributed by atoms with Crippen molar-refractivity contribution in [2.24, 2.45) is 7.05 Å². The number of hydrogen-bond donors (Lipinski definition) is 2. The van der Waals surface area contributed by atoms with Gasteiger partial charge in [0.25, 0.3) is 6.43 Å². The number of H-pyrrole nitrogens is 1. The maximum atomic E-state index is 13.9. The highest BCUT2D eigenvalue weighted by Gasteiger charge is 2.26. The molecule has 23 heavy (non-hydrogen) atoms. The number of aromatic hydroxyl groups is 1. The molecule has 3 aromatic rings. The Morgan fingerprint density at radius 1 is 1.26 bits per heavy atom. The third kappa shape index (κ3) is 2.16. The Balaban J connectivity index is 2.44. The number of halogens is 4. The molecule has 2 aromatic heterocycles. The van der Waals surface area contributed by atoms with Gasteiger partial charge >= 0.3 is 0 Å². The molecule has 0 unspecified atom stereocenters. The second kappa shape index (κ2) is 5.11. The molecular weight excluding hydrogens is 318 g/mol. The van der Waals surface area contributed by atoms with Gasteiger partial charge in [-0.1, -0.05) is 6.07 Å². The molecule has 3 rings (SSSR count). The molecule has 5 nitrogen and oxygen atoms in total. The van der Waals surface area contributed by atoms with E-state index in [-0.39, 0.29) is 5.65 Å². The second-order valence-corrected chi connectivity index (χ2v) is 4.81. The molecule has 120 valence electrons. The Morgan fingerprint density at radius 3 is 2.43 bits per heavy atom. The lowest BCUT2D eigenvalue weighted by Crippen LogP contribution is -2.08. The zero-order valence-electron chi connectivity index (χ0n) is 11.6. The van der Waals surface area contributed by atoms with Gasteiger partial charge in [0.05, 0.1) is 16.6 Å². The number of aromatic nitrogens is 3. The van der Waals surface area contributed by atoms with Crippen molar-refractivity contribution < 1.29 is 22.7 Å². The molecular formula is C14H9F4N3O2. The first-order chi connectivity index (χ1) is 10.8. The number of rotatable bonds is 2. The van der Waals surface area contributed by atoms with Crippen LogP contribution in [0, 0.1) is 11.6 Å². The van der Waals surface area contributed by atoms with E-state index in [1.54, 1.807) is 0 Å². The van der Waals surface area contributed by atoms with Gasteiger partial charge in [-0.2, -0.15) is 5.10 Å². The first-order valence-electron chi connectivity index (χ1n) is 6.37. The molecule has 0 aliphatic carbocycles. The summed E-state index contributed by atoms with van der Waals surface area (Å²) in [4.78, 5) is 14.6. The number of aromatic amines is 1. The number of nitrogens with one attached hydrogen (secondary N) is 1. The quantitative estimate of drug-likeness (QED) is 0.711. The van der Waals surface area contributed by atoms with E-state index >= 15 is 0 Å². The highest BCUT2D eigenvalue weighted by Crippen LogP contribution is 2.33. The number of aryl methyl sites for hydroxylation is 1. The maximum Gasteiger partial charge on any atom is 0.282 e. The van der Waals surface area contributed by atoms with Crippen molar-refractivity contribution in [2.75, 3.05) is 0 Å². The molecule has 0 amide bonds. The van der Waals surface area contributed by atoms with Crippen molar-refractivity contribution in [3.8, 4) is 17.0 Å². The number of benzene rings is 1. The Morgan fingerprint density at radius 2 is 1.87 bits per heavy atom. The molecule has 1 aromatic carbocycles. The minimum atomic E-state index is -3.05. The van der Waals surface area contributed by atoms with Gasteiger partial charge in [-0.15, -0.1) is 0 Å². The van der Waals surface area contributed by atoms with Crippen LogP contribution in [0.25, 0.3) is 22.3 Å². The molecule has 0 saturated heterocycles. The molecule has 2 N–H and O–H groups in total. The standard InChI is InChI=1S/C14H9F4N3O2/c1-21-14-8(10(20-21)13(17)18)11(22)12(23)9(19-14)7-5(15)3-2-4-6(7)16/h2-4,13,23H,1H3,(H,19,22). The Labute approximate surface area is 125 Å². The lowest BCUT2D eigenvalue weighted by atomic mass is 10.1. The summed E-state index contributed by atoms with van der Waals surface area (Å²) in [5.74, 6) is -3.10. The van der Waals surface area contributed by atoms with Gasteiger partial charge in [0.15, 0.2) is 5.75 Å². The molecule has 0 spiro atoms. The Bertz CT molecular complexity index is 958. The maximum absolute atomic E-state index is 13.9. The third-order valence-corrected chi connectivity index (χ3v) is 3.42. The van der Waals surface area contributed by atoms with E-state index in [4.69, 9.17) is 0 Å². The second-order valence-electron chi connectivity index (χ2n) is 4.81. The smallest absolute Gasteiger partial charge is 0.282 e. The van der Waals surface area contributed by atoms with Crippen LogP contribution in [0.4, 0.5) is 17.6 Å². The minimum absolute atomic E-state index is 0.180. The predicted octanol–water partition coefficient (Wildman–Crippen LogP) is 2.85. The van der Waals surface area contributed by atoms with Crippen LogP contribution in [0.15, 0.2) is 23.0 Å². The monoisotopic (exact) mass is 327 g/mol. The van der Waals surface area contributed by atoms with Gasteiger partial charge in [-0.3, -0.25) is 9.48 Å². The summed E-state index contributed by atoms with van der Waals surface area (Å²) in [6.45, 7) is 0. The van der Waals surface area contributed by atoms with Crippen molar-refractivity contribution in [1.82, 2.24) is 14.8 Å². The number of alkyl halides is 2. The van der Waals surface area contributed by atoms with E-state index in [0.29, 0.717) is 0 Å². The molecule has 2 heterocycles. The Kier molecular flexibility index (Phi) is 3.35. The van der Waals surface area contributed by atoms with E-state index in [1.807, 2.05) is 0 Å². The van der Waals surface area contributed by atoms with Crippen LogP contribution in [0.1, 0.15) is 12.1 Å². The van der Waals surface area contributed by atoms with Crippen LogP contribution in [-0.4, -0.2) is 19.9 Å². The fraction of sp³-hybridized carbons (Fsp3) is 0.143. The molecule has 0 aliphatic rings. The fourth-order valence-corrected chi connectivity index (χ4v) is 2.39. The van der Waals surface area contributed by atoms with Crippen molar-refractivity contribution in [3.63, 3.8) is 0 Å². The summed E-state index contributed by atoms with van der Waals surface area (Å²) < 4.78 is 54.6. The average molecular weight is 327 g/mol. The first-order valence-corrected chi connectivity index (χ1v) is 6.37. The van der Waals surface area contributed by atoms with Crippen LogP contribution in [0.5, 0.6) is 5.75 Å². The molecule has 0 fully saturated rings. The molecule has 0 bridgehead atoms.